The summed E-state index contributed by atoms with van der Waals surface area (Å²) in [7, 11) is 2.11. The third-order valence-corrected chi connectivity index (χ3v) is 10.5. The molecule has 228 valence electrons. The molecule has 0 amide bonds. The highest BCUT2D eigenvalue weighted by Gasteiger charge is 2.63. The molecule has 7 rings (SSSR count). The van der Waals surface area contributed by atoms with Gasteiger partial charge < -0.3 is 18.9 Å². The molecule has 3 saturated heterocycles. The molecular weight excluding hydrogens is 538 g/mol. The van der Waals surface area contributed by atoms with Crippen molar-refractivity contribution in [1.82, 2.24) is 24.6 Å². The minimum Gasteiger partial charge on any atom is -0.472 e. The Morgan fingerprint density at radius 3 is 2.57 bits per heavy atom. The molecule has 2 aromatic rings. The van der Waals surface area contributed by atoms with Crippen LogP contribution in [0, 0.1) is 11.3 Å². The van der Waals surface area contributed by atoms with E-state index in [1.165, 1.54) is 0 Å². The van der Waals surface area contributed by atoms with Crippen LogP contribution < -0.4 is 4.74 Å². The Kier molecular flexibility index (Phi) is 7.57. The summed E-state index contributed by atoms with van der Waals surface area (Å²) in [4.78, 5) is 40.5. The van der Waals surface area contributed by atoms with Crippen LogP contribution in [0.25, 0.3) is 11.0 Å². The van der Waals surface area contributed by atoms with Gasteiger partial charge in [0.1, 0.15) is 11.5 Å². The van der Waals surface area contributed by atoms with Gasteiger partial charge in [-0.15, -0.1) is 0 Å². The average Bonchev–Trinajstić information content (AvgIpc) is 3.77. The Morgan fingerprint density at radius 2 is 1.81 bits per heavy atom. The van der Waals surface area contributed by atoms with E-state index in [9.17, 15) is 9.59 Å². The van der Waals surface area contributed by atoms with E-state index in [0.29, 0.717) is 62.4 Å². The van der Waals surface area contributed by atoms with Gasteiger partial charge in [-0.25, -0.2) is 9.67 Å². The van der Waals surface area contributed by atoms with E-state index in [1.807, 2.05) is 0 Å². The lowest BCUT2D eigenvalue weighted by Crippen LogP contribution is -2.60. The molecule has 2 unspecified atom stereocenters. The fourth-order valence-electron chi connectivity index (χ4n) is 8.33. The first-order valence-corrected chi connectivity index (χ1v) is 16.0. The number of hydrogen-bond acceptors (Lipinski definition) is 10. The van der Waals surface area contributed by atoms with Crippen LogP contribution in [0.1, 0.15) is 101 Å². The number of ketones is 2. The molecule has 0 aromatic carbocycles. The van der Waals surface area contributed by atoms with Gasteiger partial charge in [0.05, 0.1) is 30.7 Å². The number of Topliss-reactive ketones (excluding diaryl/α,β-unsaturated/α-hetero) is 2. The van der Waals surface area contributed by atoms with E-state index < -0.39 is 17.1 Å². The number of ether oxygens (including phenoxy) is 4. The average molecular weight is 582 g/mol. The van der Waals surface area contributed by atoms with Crippen molar-refractivity contribution < 1.29 is 28.5 Å². The Hall–Kier alpha value is -2.47. The van der Waals surface area contributed by atoms with E-state index in [-0.39, 0.29) is 35.8 Å². The van der Waals surface area contributed by atoms with E-state index in [2.05, 4.69) is 24.0 Å². The maximum Gasteiger partial charge on any atom is 0.228 e. The van der Waals surface area contributed by atoms with Crippen LogP contribution in [-0.2, 0) is 19.0 Å². The quantitative estimate of drug-likeness (QED) is 0.362. The second kappa shape index (κ2) is 11.2. The largest absolute Gasteiger partial charge is 0.472 e. The molecule has 11 heteroatoms. The highest BCUT2D eigenvalue weighted by molar-refractivity contribution is 6.12. The van der Waals surface area contributed by atoms with Crippen molar-refractivity contribution in [3.8, 4) is 5.88 Å². The number of likely N-dealkylation sites (tertiary alicyclic amines) is 1. The summed E-state index contributed by atoms with van der Waals surface area (Å²) >= 11 is 0. The fraction of sp³-hybridized carbons (Fsp3) is 0.774. The molecule has 5 fully saturated rings. The van der Waals surface area contributed by atoms with Crippen molar-refractivity contribution in [2.24, 2.45) is 11.3 Å². The second-order valence-corrected chi connectivity index (χ2v) is 12.9. The molecule has 2 saturated carbocycles. The predicted octanol–water partition coefficient (Wildman–Crippen LogP) is 4.24. The third kappa shape index (κ3) is 4.58. The number of hydrogen-bond donors (Lipinski definition) is 0. The number of nitrogens with zero attached hydrogens (tertiary/aromatic N) is 5. The monoisotopic (exact) mass is 581 g/mol. The third-order valence-electron chi connectivity index (χ3n) is 10.5. The molecule has 2 aliphatic carbocycles. The van der Waals surface area contributed by atoms with E-state index in [0.717, 1.165) is 57.9 Å². The minimum absolute atomic E-state index is 0.00977. The summed E-state index contributed by atoms with van der Waals surface area (Å²) in [6.07, 6.45) is 11.5. The van der Waals surface area contributed by atoms with Gasteiger partial charge in [0.25, 0.3) is 0 Å². The van der Waals surface area contributed by atoms with Crippen LogP contribution in [0.2, 0.25) is 0 Å². The van der Waals surface area contributed by atoms with Gasteiger partial charge in [-0.2, -0.15) is 10.1 Å². The summed E-state index contributed by atoms with van der Waals surface area (Å²) < 4.78 is 26.7. The summed E-state index contributed by atoms with van der Waals surface area (Å²) in [5, 5.41) is 5.28. The number of carbonyl (C=O) groups excluding carboxylic acids is 2. The van der Waals surface area contributed by atoms with Crippen LogP contribution >= 0.6 is 0 Å². The molecule has 0 N–H and O–H groups in total. The van der Waals surface area contributed by atoms with Gasteiger partial charge in [0.2, 0.25) is 17.5 Å². The van der Waals surface area contributed by atoms with Gasteiger partial charge in [-0.05, 0) is 78.3 Å². The Morgan fingerprint density at radius 1 is 1.00 bits per heavy atom. The number of aromatic nitrogens is 4. The number of rotatable bonds is 6. The van der Waals surface area contributed by atoms with Crippen molar-refractivity contribution in [2.75, 3.05) is 33.4 Å². The van der Waals surface area contributed by atoms with Gasteiger partial charge in [0, 0.05) is 19.1 Å². The fourth-order valence-corrected chi connectivity index (χ4v) is 8.33. The lowest BCUT2D eigenvalue weighted by molar-refractivity contribution is -0.255. The number of carbonyl (C=O) groups is 2. The lowest BCUT2D eigenvalue weighted by atomic mass is 9.57. The molecule has 0 bridgehead atoms. The Labute approximate surface area is 246 Å². The summed E-state index contributed by atoms with van der Waals surface area (Å²) in [5.74, 6) is -1.83. The molecule has 2 aromatic heterocycles. The van der Waals surface area contributed by atoms with Crippen LogP contribution in [0.15, 0.2) is 6.20 Å². The zero-order chi connectivity index (χ0) is 28.9. The lowest BCUT2D eigenvalue weighted by Gasteiger charge is -2.51. The zero-order valence-corrected chi connectivity index (χ0v) is 24.9. The highest BCUT2D eigenvalue weighted by atomic mass is 16.7. The van der Waals surface area contributed by atoms with Crippen LogP contribution in [0.3, 0.4) is 0 Å². The highest BCUT2D eigenvalue weighted by Crippen LogP contribution is 2.56. The van der Waals surface area contributed by atoms with Crippen LogP contribution in [-0.4, -0.2) is 87.6 Å². The normalized spacial score (nSPS) is 32.6. The molecule has 5 aliphatic rings. The van der Waals surface area contributed by atoms with Crippen LogP contribution in [0.5, 0.6) is 5.88 Å². The predicted molar refractivity (Wildman–Crippen MR) is 152 cm³/mol. The topological polar surface area (TPSA) is 118 Å². The Balaban J connectivity index is 1.25. The molecule has 5 heterocycles. The number of likely N-dealkylation sites (N-methyl/N-ethyl adjacent to an activating group) is 1. The summed E-state index contributed by atoms with van der Waals surface area (Å²) in [6, 6.07) is 0.250. The van der Waals surface area contributed by atoms with E-state index in [4.69, 9.17) is 28.9 Å². The first-order chi connectivity index (χ1) is 20.4. The summed E-state index contributed by atoms with van der Waals surface area (Å²) in [5.41, 5.74) is -0.292. The maximum absolute atomic E-state index is 14.4. The molecule has 0 radical (unpaired) electrons. The SMILES string of the molecule is C[C@H](Oc1nc(C(=O)C2CCC[C@@]3(CCCCC34OCCO4)C2=O)nc2c1cnn2C1CCCCO1)[C@@H]1CCCN1C. The van der Waals surface area contributed by atoms with Crippen molar-refractivity contribution in [3.63, 3.8) is 0 Å². The minimum atomic E-state index is -0.917. The van der Waals surface area contributed by atoms with Gasteiger partial charge >= 0.3 is 0 Å². The van der Waals surface area contributed by atoms with Gasteiger partial charge in [-0.3, -0.25) is 14.5 Å². The maximum atomic E-state index is 14.4. The Bertz CT molecular complexity index is 1330. The standard InChI is InChI=1S/C31H43N5O6/c1-20(23-10-8-15-35(23)2)42-29-22-19-32-36(24-11-3-6-16-39-24)28(22)33-27(34-29)25(37)21-9-7-13-30(26(21)38)12-4-5-14-31(30)40-17-18-41-31/h19-21,23-24H,3-18H2,1-2H3/t20-,21?,23-,24?,30-/m0/s1. The first kappa shape index (κ1) is 28.3. The molecule has 42 heavy (non-hydrogen) atoms. The second-order valence-electron chi connectivity index (χ2n) is 12.9. The molecule has 5 atom stereocenters. The molecular formula is C31H43N5O6. The zero-order valence-electron chi connectivity index (χ0n) is 24.9. The smallest absolute Gasteiger partial charge is 0.228 e. The molecule has 2 spiro atoms. The van der Waals surface area contributed by atoms with Crippen molar-refractivity contribution in [3.05, 3.63) is 12.0 Å². The van der Waals surface area contributed by atoms with Crippen molar-refractivity contribution in [1.29, 1.82) is 0 Å². The first-order valence-electron chi connectivity index (χ1n) is 16.0. The van der Waals surface area contributed by atoms with Gasteiger partial charge in [0.15, 0.2) is 23.4 Å². The summed E-state index contributed by atoms with van der Waals surface area (Å²) in [6.45, 7) is 4.70. The number of fused-ring (bicyclic) bond motifs is 2. The molecule has 3 aliphatic heterocycles. The van der Waals surface area contributed by atoms with Gasteiger partial charge in [-0.1, -0.05) is 12.8 Å². The molecule has 11 nitrogen and oxygen atoms in total. The van der Waals surface area contributed by atoms with E-state index in [1.54, 1.807) is 10.9 Å². The van der Waals surface area contributed by atoms with Crippen molar-refractivity contribution in [2.45, 2.75) is 108 Å². The van der Waals surface area contributed by atoms with E-state index >= 15 is 0 Å². The van der Waals surface area contributed by atoms with Crippen molar-refractivity contribution >= 4 is 22.6 Å². The van der Waals surface area contributed by atoms with Crippen LogP contribution in [0.4, 0.5) is 0 Å².